The van der Waals surface area contributed by atoms with E-state index in [4.69, 9.17) is 5.73 Å². The van der Waals surface area contributed by atoms with Gasteiger partial charge >= 0.3 is 0 Å². The van der Waals surface area contributed by atoms with Crippen LogP contribution < -0.4 is 5.73 Å². The van der Waals surface area contributed by atoms with E-state index in [1.807, 2.05) is 37.9 Å². The minimum atomic E-state index is -0.343. The van der Waals surface area contributed by atoms with Gasteiger partial charge in [-0.2, -0.15) is 0 Å². The predicted octanol–water partition coefficient (Wildman–Crippen LogP) is 2.39. The van der Waals surface area contributed by atoms with Crippen LogP contribution in [0.3, 0.4) is 0 Å². The van der Waals surface area contributed by atoms with Crippen LogP contribution in [-0.2, 0) is 5.54 Å². The fourth-order valence-corrected chi connectivity index (χ4v) is 1.71. The summed E-state index contributed by atoms with van der Waals surface area (Å²) in [4.78, 5) is 5.50. The minimum Gasteiger partial charge on any atom is -0.321 e. The van der Waals surface area contributed by atoms with Crippen LogP contribution in [0.4, 0.5) is 0 Å². The first-order valence-corrected chi connectivity index (χ1v) is 5.41. The number of thioether (sulfide) groups is 1. The first-order valence-electron chi connectivity index (χ1n) is 4.42. The average molecular weight is 196 g/mol. The first-order chi connectivity index (χ1) is 6.04. The lowest BCUT2D eigenvalue weighted by Gasteiger charge is -2.18. The monoisotopic (exact) mass is 196 g/mol. The van der Waals surface area contributed by atoms with Gasteiger partial charge in [-0.05, 0) is 31.7 Å². The van der Waals surface area contributed by atoms with Crippen molar-refractivity contribution >= 4 is 11.8 Å². The molecule has 0 fully saturated rings. The van der Waals surface area contributed by atoms with Crippen LogP contribution in [0.25, 0.3) is 0 Å². The van der Waals surface area contributed by atoms with Crippen molar-refractivity contribution in [1.82, 2.24) is 4.98 Å². The number of rotatable bonds is 3. The molecule has 2 N–H and O–H groups in total. The topological polar surface area (TPSA) is 38.9 Å². The van der Waals surface area contributed by atoms with Gasteiger partial charge in [-0.3, -0.25) is 4.98 Å². The quantitative estimate of drug-likeness (QED) is 0.754. The van der Waals surface area contributed by atoms with Gasteiger partial charge in [-0.15, -0.1) is 11.8 Å². The summed E-state index contributed by atoms with van der Waals surface area (Å²) in [6, 6.07) is 4.08. The van der Waals surface area contributed by atoms with Crippen molar-refractivity contribution < 1.29 is 0 Å². The Balaban J connectivity index is 2.92. The van der Waals surface area contributed by atoms with Gasteiger partial charge in [0.2, 0.25) is 0 Å². The highest BCUT2D eigenvalue weighted by Gasteiger charge is 2.15. The fraction of sp³-hybridized carbons (Fsp3) is 0.500. The van der Waals surface area contributed by atoms with Crippen LogP contribution >= 0.6 is 11.8 Å². The summed E-state index contributed by atoms with van der Waals surface area (Å²) >= 11 is 1.81. The Morgan fingerprint density at radius 1 is 1.54 bits per heavy atom. The van der Waals surface area contributed by atoms with E-state index in [2.05, 4.69) is 18.0 Å². The molecule has 3 heteroatoms. The van der Waals surface area contributed by atoms with Gasteiger partial charge in [0.25, 0.3) is 0 Å². The Morgan fingerprint density at radius 3 is 2.77 bits per heavy atom. The summed E-state index contributed by atoms with van der Waals surface area (Å²) in [5.41, 5.74) is 6.56. The Kier molecular flexibility index (Phi) is 3.33. The van der Waals surface area contributed by atoms with Crippen LogP contribution in [0.15, 0.2) is 23.2 Å². The highest BCUT2D eigenvalue weighted by molar-refractivity contribution is 7.99. The Bertz CT molecular complexity index is 278. The third-order valence-corrected chi connectivity index (χ3v) is 2.58. The highest BCUT2D eigenvalue weighted by Crippen LogP contribution is 2.21. The van der Waals surface area contributed by atoms with Gasteiger partial charge in [-0.1, -0.05) is 6.92 Å². The van der Waals surface area contributed by atoms with Crippen LogP contribution in [0.1, 0.15) is 26.5 Å². The summed E-state index contributed by atoms with van der Waals surface area (Å²) in [6.07, 6.45) is 1.82. The number of hydrogen-bond donors (Lipinski definition) is 1. The second-order valence-electron chi connectivity index (χ2n) is 3.53. The molecule has 1 aromatic rings. The van der Waals surface area contributed by atoms with Gasteiger partial charge in [-0.25, -0.2) is 0 Å². The Morgan fingerprint density at radius 2 is 2.23 bits per heavy atom. The van der Waals surface area contributed by atoms with Crippen LogP contribution in [0.2, 0.25) is 0 Å². The number of hydrogen-bond acceptors (Lipinski definition) is 3. The molecule has 2 nitrogen and oxygen atoms in total. The van der Waals surface area contributed by atoms with Crippen molar-refractivity contribution in [3.8, 4) is 0 Å². The van der Waals surface area contributed by atoms with Crippen molar-refractivity contribution in [2.75, 3.05) is 5.75 Å². The van der Waals surface area contributed by atoms with Gasteiger partial charge in [0.05, 0.1) is 11.2 Å². The molecule has 0 amide bonds. The minimum absolute atomic E-state index is 0.343. The van der Waals surface area contributed by atoms with Gasteiger partial charge in [0, 0.05) is 11.1 Å². The third-order valence-electron chi connectivity index (χ3n) is 1.70. The molecule has 1 rings (SSSR count). The second-order valence-corrected chi connectivity index (χ2v) is 4.87. The molecular formula is C10H16N2S. The molecule has 13 heavy (non-hydrogen) atoms. The van der Waals surface area contributed by atoms with Crippen molar-refractivity contribution in [1.29, 1.82) is 0 Å². The molecule has 0 saturated carbocycles. The zero-order valence-electron chi connectivity index (χ0n) is 8.37. The zero-order chi connectivity index (χ0) is 9.90. The maximum atomic E-state index is 5.95. The van der Waals surface area contributed by atoms with Crippen LogP contribution in [0, 0.1) is 0 Å². The molecule has 0 saturated heterocycles. The van der Waals surface area contributed by atoms with Crippen LogP contribution in [0.5, 0.6) is 0 Å². The molecule has 0 spiro atoms. The van der Waals surface area contributed by atoms with E-state index in [1.54, 1.807) is 0 Å². The lowest BCUT2D eigenvalue weighted by Crippen LogP contribution is -2.29. The predicted molar refractivity (Wildman–Crippen MR) is 57.8 cm³/mol. The molecule has 0 bridgehead atoms. The molecule has 0 aliphatic heterocycles. The Hall–Kier alpha value is -0.540. The van der Waals surface area contributed by atoms with E-state index in [1.165, 1.54) is 4.90 Å². The van der Waals surface area contributed by atoms with Gasteiger partial charge < -0.3 is 5.73 Å². The van der Waals surface area contributed by atoms with Gasteiger partial charge in [0.1, 0.15) is 0 Å². The van der Waals surface area contributed by atoms with Crippen molar-refractivity contribution in [2.24, 2.45) is 5.73 Å². The fourth-order valence-electron chi connectivity index (χ4n) is 1.02. The molecule has 0 aliphatic rings. The van der Waals surface area contributed by atoms with E-state index in [0.29, 0.717) is 0 Å². The molecule has 0 atom stereocenters. The molecule has 0 aliphatic carbocycles. The number of aromatic nitrogens is 1. The zero-order valence-corrected chi connectivity index (χ0v) is 9.19. The summed E-state index contributed by atoms with van der Waals surface area (Å²) in [7, 11) is 0. The van der Waals surface area contributed by atoms with E-state index >= 15 is 0 Å². The lowest BCUT2D eigenvalue weighted by molar-refractivity contribution is 0.533. The number of pyridine rings is 1. The smallest absolute Gasteiger partial charge is 0.0607 e. The molecule has 0 unspecified atom stereocenters. The number of nitrogens with two attached hydrogens (primary N) is 1. The third kappa shape index (κ3) is 3.01. The lowest BCUT2D eigenvalue weighted by atomic mass is 10.0. The van der Waals surface area contributed by atoms with Crippen molar-refractivity contribution in [3.05, 3.63) is 24.0 Å². The van der Waals surface area contributed by atoms with E-state index in [0.717, 1.165) is 11.4 Å². The maximum absolute atomic E-state index is 5.95. The van der Waals surface area contributed by atoms with Gasteiger partial charge in [0.15, 0.2) is 0 Å². The highest BCUT2D eigenvalue weighted by atomic mass is 32.2. The van der Waals surface area contributed by atoms with Crippen molar-refractivity contribution in [3.63, 3.8) is 0 Å². The average Bonchev–Trinajstić information content (AvgIpc) is 2.04. The van der Waals surface area contributed by atoms with Crippen molar-refractivity contribution in [2.45, 2.75) is 31.2 Å². The second kappa shape index (κ2) is 4.11. The first kappa shape index (κ1) is 10.5. The molecule has 1 aromatic heterocycles. The Labute approximate surface area is 83.9 Å². The van der Waals surface area contributed by atoms with E-state index in [9.17, 15) is 0 Å². The standard InChI is InChI=1S/C10H16N2S/c1-4-13-8-5-6-12-9(7-8)10(2,3)11/h5-7H,4,11H2,1-3H3. The molecule has 0 radical (unpaired) electrons. The van der Waals surface area contributed by atoms with Crippen LogP contribution in [-0.4, -0.2) is 10.7 Å². The summed E-state index contributed by atoms with van der Waals surface area (Å²) in [5.74, 6) is 1.08. The molecular weight excluding hydrogens is 180 g/mol. The summed E-state index contributed by atoms with van der Waals surface area (Å²) < 4.78 is 0. The SMILES string of the molecule is CCSc1ccnc(C(C)(C)N)c1. The summed E-state index contributed by atoms with van der Waals surface area (Å²) in [6.45, 7) is 6.07. The molecule has 1 heterocycles. The molecule has 0 aromatic carbocycles. The normalized spacial score (nSPS) is 11.7. The maximum Gasteiger partial charge on any atom is 0.0607 e. The molecule has 72 valence electrons. The van der Waals surface area contributed by atoms with E-state index < -0.39 is 0 Å². The van der Waals surface area contributed by atoms with E-state index in [-0.39, 0.29) is 5.54 Å². The number of nitrogens with zero attached hydrogens (tertiary/aromatic N) is 1. The summed E-state index contributed by atoms with van der Waals surface area (Å²) in [5, 5.41) is 0. The largest absolute Gasteiger partial charge is 0.321 e.